The Hall–Kier alpha value is -1.71. The van der Waals surface area contributed by atoms with Gasteiger partial charge in [-0.3, -0.25) is 0 Å². The Bertz CT molecular complexity index is 517. The Kier molecular flexibility index (Phi) is 4.04. The van der Waals surface area contributed by atoms with Crippen LogP contribution in [0.1, 0.15) is 30.9 Å². The second-order valence-corrected chi connectivity index (χ2v) is 6.13. The van der Waals surface area contributed by atoms with E-state index in [1.807, 2.05) is 4.90 Å². The molecular formula is C17H25N3O. The lowest BCUT2D eigenvalue weighted by molar-refractivity contribution is 0.194. The van der Waals surface area contributed by atoms with Crippen LogP contribution in [0.15, 0.2) is 18.2 Å². The first-order chi connectivity index (χ1) is 10.2. The first-order valence-corrected chi connectivity index (χ1v) is 8.08. The largest absolute Gasteiger partial charge is 0.368 e. The van der Waals surface area contributed by atoms with Crippen LogP contribution in [0.2, 0.25) is 0 Å². The highest BCUT2D eigenvalue weighted by molar-refractivity contribution is 5.75. The van der Waals surface area contributed by atoms with Gasteiger partial charge in [-0.15, -0.1) is 0 Å². The Morgan fingerprint density at radius 3 is 2.57 bits per heavy atom. The number of amides is 2. The van der Waals surface area contributed by atoms with E-state index in [1.54, 1.807) is 0 Å². The van der Waals surface area contributed by atoms with E-state index in [1.165, 1.54) is 16.8 Å². The fourth-order valence-electron chi connectivity index (χ4n) is 3.08. The van der Waals surface area contributed by atoms with Gasteiger partial charge in [-0.2, -0.15) is 0 Å². The molecule has 2 fully saturated rings. The monoisotopic (exact) mass is 287 g/mol. The highest BCUT2D eigenvalue weighted by Crippen LogP contribution is 2.27. The number of anilines is 1. The van der Waals surface area contributed by atoms with E-state index in [2.05, 4.69) is 42.3 Å². The van der Waals surface area contributed by atoms with Gasteiger partial charge in [-0.25, -0.2) is 4.79 Å². The molecule has 114 valence electrons. The number of urea groups is 1. The molecule has 0 atom stereocenters. The summed E-state index contributed by atoms with van der Waals surface area (Å²) in [7, 11) is 0. The summed E-state index contributed by atoms with van der Waals surface area (Å²) >= 11 is 0. The van der Waals surface area contributed by atoms with E-state index in [4.69, 9.17) is 0 Å². The molecule has 0 spiro atoms. The summed E-state index contributed by atoms with van der Waals surface area (Å²) in [6.07, 6.45) is 3.35. The lowest BCUT2D eigenvalue weighted by atomic mass is 10.0. The van der Waals surface area contributed by atoms with Crippen LogP contribution in [0.4, 0.5) is 10.5 Å². The summed E-state index contributed by atoms with van der Waals surface area (Å²) in [4.78, 5) is 16.5. The summed E-state index contributed by atoms with van der Waals surface area (Å²) in [6, 6.07) is 7.10. The van der Waals surface area contributed by atoms with Crippen molar-refractivity contribution in [1.29, 1.82) is 0 Å². The third-order valence-corrected chi connectivity index (χ3v) is 4.49. The number of aryl methyl sites for hydroxylation is 2. The molecule has 0 bridgehead atoms. The number of carbonyl (C=O) groups excluding carboxylic acids is 1. The minimum atomic E-state index is 0.123. The van der Waals surface area contributed by atoms with Crippen LogP contribution in [-0.2, 0) is 6.42 Å². The normalized spacial score (nSPS) is 18.8. The van der Waals surface area contributed by atoms with Gasteiger partial charge in [0.2, 0.25) is 0 Å². The molecule has 1 N–H and O–H groups in total. The number of rotatable bonds is 3. The van der Waals surface area contributed by atoms with E-state index in [9.17, 15) is 4.79 Å². The first-order valence-electron chi connectivity index (χ1n) is 8.08. The summed E-state index contributed by atoms with van der Waals surface area (Å²) in [6.45, 7) is 7.87. The van der Waals surface area contributed by atoms with Gasteiger partial charge in [0, 0.05) is 37.9 Å². The number of hydrogen-bond acceptors (Lipinski definition) is 2. The fourth-order valence-corrected chi connectivity index (χ4v) is 3.08. The second kappa shape index (κ2) is 5.96. The molecule has 2 amide bonds. The topological polar surface area (TPSA) is 35.6 Å². The Morgan fingerprint density at radius 2 is 1.95 bits per heavy atom. The lowest BCUT2D eigenvalue weighted by Crippen LogP contribution is -2.52. The molecular weight excluding hydrogens is 262 g/mol. The predicted octanol–water partition coefficient (Wildman–Crippen LogP) is 2.55. The molecule has 1 aliphatic heterocycles. The minimum absolute atomic E-state index is 0.123. The molecule has 1 saturated heterocycles. The van der Waals surface area contributed by atoms with Crippen LogP contribution >= 0.6 is 0 Å². The van der Waals surface area contributed by atoms with Gasteiger partial charge in [0.05, 0.1) is 0 Å². The maximum absolute atomic E-state index is 12.1. The van der Waals surface area contributed by atoms with Crippen LogP contribution < -0.4 is 10.2 Å². The minimum Gasteiger partial charge on any atom is -0.368 e. The van der Waals surface area contributed by atoms with Crippen LogP contribution in [0.25, 0.3) is 0 Å². The highest BCUT2D eigenvalue weighted by atomic mass is 16.2. The second-order valence-electron chi connectivity index (χ2n) is 6.13. The van der Waals surface area contributed by atoms with Crippen LogP contribution in [-0.4, -0.2) is 43.2 Å². The van der Waals surface area contributed by atoms with Crippen molar-refractivity contribution in [2.45, 2.75) is 39.2 Å². The third-order valence-electron chi connectivity index (χ3n) is 4.49. The number of piperazine rings is 1. The van der Waals surface area contributed by atoms with Crippen molar-refractivity contribution in [2.75, 3.05) is 31.1 Å². The maximum atomic E-state index is 12.1. The van der Waals surface area contributed by atoms with Crippen molar-refractivity contribution in [3.8, 4) is 0 Å². The number of benzene rings is 1. The van der Waals surface area contributed by atoms with Crippen molar-refractivity contribution in [3.63, 3.8) is 0 Å². The summed E-state index contributed by atoms with van der Waals surface area (Å²) in [5.41, 5.74) is 4.12. The standard InChI is InChI=1S/C17H25N3O/c1-3-14-6-4-5-13(2)16(14)19-9-11-20(12-10-19)17(21)18-15-7-8-15/h4-6,15H,3,7-12H2,1-2H3,(H,18,21). The van der Waals surface area contributed by atoms with Gasteiger partial charge in [-0.1, -0.05) is 25.1 Å². The van der Waals surface area contributed by atoms with Gasteiger partial charge in [0.25, 0.3) is 0 Å². The van der Waals surface area contributed by atoms with Crippen LogP contribution in [0.5, 0.6) is 0 Å². The van der Waals surface area contributed by atoms with E-state index in [0.717, 1.165) is 45.4 Å². The Balaban J connectivity index is 1.64. The smallest absolute Gasteiger partial charge is 0.317 e. The van der Waals surface area contributed by atoms with Gasteiger partial charge in [-0.05, 0) is 37.3 Å². The lowest BCUT2D eigenvalue weighted by Gasteiger charge is -2.37. The number of nitrogens with one attached hydrogen (secondary N) is 1. The molecule has 4 heteroatoms. The SMILES string of the molecule is CCc1cccc(C)c1N1CCN(C(=O)NC2CC2)CC1. The zero-order valence-corrected chi connectivity index (χ0v) is 13.1. The molecule has 1 heterocycles. The molecule has 4 nitrogen and oxygen atoms in total. The summed E-state index contributed by atoms with van der Waals surface area (Å²) < 4.78 is 0. The van der Waals surface area contributed by atoms with Gasteiger partial charge in [0.15, 0.2) is 0 Å². The van der Waals surface area contributed by atoms with E-state index in [-0.39, 0.29) is 6.03 Å². The van der Waals surface area contributed by atoms with Crippen LogP contribution in [0, 0.1) is 6.92 Å². The molecule has 1 aliphatic carbocycles. The van der Waals surface area contributed by atoms with Gasteiger partial charge < -0.3 is 15.1 Å². The molecule has 1 aromatic rings. The molecule has 0 radical (unpaired) electrons. The van der Waals surface area contributed by atoms with Crippen molar-refractivity contribution >= 4 is 11.7 Å². The quantitative estimate of drug-likeness (QED) is 0.927. The number of para-hydroxylation sites is 1. The zero-order valence-electron chi connectivity index (χ0n) is 13.1. The highest BCUT2D eigenvalue weighted by Gasteiger charge is 2.28. The average molecular weight is 287 g/mol. The first kappa shape index (κ1) is 14.2. The number of hydrogen-bond donors (Lipinski definition) is 1. The van der Waals surface area contributed by atoms with Gasteiger partial charge >= 0.3 is 6.03 Å². The van der Waals surface area contributed by atoms with Gasteiger partial charge in [0.1, 0.15) is 0 Å². The summed E-state index contributed by atoms with van der Waals surface area (Å²) in [5.74, 6) is 0. The molecule has 0 aromatic heterocycles. The van der Waals surface area contributed by atoms with Crippen LogP contribution in [0.3, 0.4) is 0 Å². The van der Waals surface area contributed by atoms with E-state index >= 15 is 0 Å². The zero-order chi connectivity index (χ0) is 14.8. The molecule has 1 aromatic carbocycles. The van der Waals surface area contributed by atoms with Crippen molar-refractivity contribution < 1.29 is 4.79 Å². The fraction of sp³-hybridized carbons (Fsp3) is 0.588. The number of nitrogens with zero attached hydrogens (tertiary/aromatic N) is 2. The van der Waals surface area contributed by atoms with E-state index < -0.39 is 0 Å². The third kappa shape index (κ3) is 3.14. The Morgan fingerprint density at radius 1 is 1.24 bits per heavy atom. The molecule has 3 rings (SSSR count). The van der Waals surface area contributed by atoms with Crippen molar-refractivity contribution in [2.24, 2.45) is 0 Å². The maximum Gasteiger partial charge on any atom is 0.317 e. The predicted molar refractivity (Wildman–Crippen MR) is 85.9 cm³/mol. The average Bonchev–Trinajstić information content (AvgIpc) is 3.31. The van der Waals surface area contributed by atoms with Crippen molar-refractivity contribution in [1.82, 2.24) is 10.2 Å². The molecule has 2 aliphatic rings. The van der Waals surface area contributed by atoms with E-state index in [0.29, 0.717) is 6.04 Å². The molecule has 21 heavy (non-hydrogen) atoms. The van der Waals surface area contributed by atoms with Crippen molar-refractivity contribution in [3.05, 3.63) is 29.3 Å². The number of carbonyl (C=O) groups is 1. The Labute approximate surface area is 127 Å². The molecule has 1 saturated carbocycles. The molecule has 0 unspecified atom stereocenters. The summed E-state index contributed by atoms with van der Waals surface area (Å²) in [5, 5.41) is 3.08.